The molecule has 1 aliphatic heterocycles. The molecule has 1 N–H and O–H groups in total. The number of carbonyl (C=O) groups is 1. The molecule has 1 aromatic rings. The molecule has 1 unspecified atom stereocenters. The minimum absolute atomic E-state index is 0.0587. The van der Waals surface area contributed by atoms with Crippen molar-refractivity contribution in [1.82, 2.24) is 5.32 Å². The first-order valence-electron chi connectivity index (χ1n) is 7.04. The highest BCUT2D eigenvalue weighted by molar-refractivity contribution is 5.72. The maximum Gasteiger partial charge on any atom is 0.416 e. The molecule has 0 radical (unpaired) electrons. The topological polar surface area (TPSA) is 38.3 Å². The van der Waals surface area contributed by atoms with Crippen LogP contribution in [-0.4, -0.2) is 19.1 Å². The molecule has 6 heteroatoms. The van der Waals surface area contributed by atoms with Gasteiger partial charge in [-0.3, -0.25) is 4.79 Å². The van der Waals surface area contributed by atoms with E-state index in [1.807, 2.05) is 0 Å². The number of alkyl halides is 3. The van der Waals surface area contributed by atoms with Crippen LogP contribution in [0.25, 0.3) is 0 Å². The molecule has 0 bridgehead atoms. The van der Waals surface area contributed by atoms with Gasteiger partial charge in [0.15, 0.2) is 0 Å². The number of esters is 1. The number of piperidine rings is 1. The zero-order valence-electron chi connectivity index (χ0n) is 11.6. The number of rotatable bonds is 4. The third-order valence-corrected chi connectivity index (χ3v) is 3.55. The third-order valence-electron chi connectivity index (χ3n) is 3.55. The van der Waals surface area contributed by atoms with Gasteiger partial charge in [0.2, 0.25) is 0 Å². The molecule has 1 fully saturated rings. The summed E-state index contributed by atoms with van der Waals surface area (Å²) in [4.78, 5) is 11.7. The predicted octanol–water partition coefficient (Wildman–Crippen LogP) is 3.39. The molecule has 1 heterocycles. The number of halogens is 3. The summed E-state index contributed by atoms with van der Waals surface area (Å²) in [7, 11) is 0. The maximum absolute atomic E-state index is 12.5. The minimum atomic E-state index is -4.43. The molecule has 0 aliphatic carbocycles. The average molecular weight is 301 g/mol. The van der Waals surface area contributed by atoms with Crippen molar-refractivity contribution in [3.05, 3.63) is 29.8 Å². The van der Waals surface area contributed by atoms with Gasteiger partial charge in [0.05, 0.1) is 5.56 Å². The first-order valence-corrected chi connectivity index (χ1v) is 7.04. The van der Waals surface area contributed by atoms with Crippen LogP contribution in [0.2, 0.25) is 0 Å². The highest BCUT2D eigenvalue weighted by atomic mass is 19.4. The van der Waals surface area contributed by atoms with E-state index in [1.165, 1.54) is 12.1 Å². The van der Waals surface area contributed by atoms with Crippen LogP contribution in [0.5, 0.6) is 5.75 Å². The van der Waals surface area contributed by atoms with Crippen molar-refractivity contribution < 1.29 is 22.7 Å². The van der Waals surface area contributed by atoms with E-state index in [0.717, 1.165) is 38.1 Å². The van der Waals surface area contributed by atoms with Crippen LogP contribution in [0.15, 0.2) is 24.3 Å². The Hall–Kier alpha value is -1.56. The zero-order valence-corrected chi connectivity index (χ0v) is 11.6. The molecule has 1 aliphatic rings. The van der Waals surface area contributed by atoms with E-state index >= 15 is 0 Å². The van der Waals surface area contributed by atoms with E-state index in [-0.39, 0.29) is 12.2 Å². The smallest absolute Gasteiger partial charge is 0.416 e. The summed E-state index contributed by atoms with van der Waals surface area (Å²) in [5.41, 5.74) is -0.815. The Morgan fingerprint density at radius 3 is 2.86 bits per heavy atom. The van der Waals surface area contributed by atoms with Crippen LogP contribution in [0.4, 0.5) is 13.2 Å². The number of nitrogens with one attached hydrogen (secondary N) is 1. The lowest BCUT2D eigenvalue weighted by molar-refractivity contribution is -0.139. The number of carbonyl (C=O) groups excluding carboxylic acids is 1. The van der Waals surface area contributed by atoms with E-state index in [0.29, 0.717) is 12.3 Å². The largest absolute Gasteiger partial charge is 0.427 e. The summed E-state index contributed by atoms with van der Waals surface area (Å²) in [5.74, 6) is -0.107. The fourth-order valence-corrected chi connectivity index (χ4v) is 2.41. The lowest BCUT2D eigenvalue weighted by Gasteiger charge is -2.22. The standard InChI is InChI=1S/C15H18F3NO2/c16-15(17,18)12-4-1-5-13(9-12)21-14(20)7-6-11-3-2-8-19-10-11/h1,4-5,9,11,19H,2-3,6-8,10H2. The summed E-state index contributed by atoms with van der Waals surface area (Å²) < 4.78 is 42.6. The maximum atomic E-state index is 12.5. The first kappa shape index (κ1) is 15.8. The number of hydrogen-bond acceptors (Lipinski definition) is 3. The normalized spacial score (nSPS) is 19.3. The molecular weight excluding hydrogens is 283 g/mol. The molecule has 116 valence electrons. The second-order valence-electron chi connectivity index (χ2n) is 5.25. The fraction of sp³-hybridized carbons (Fsp3) is 0.533. The predicted molar refractivity (Wildman–Crippen MR) is 71.9 cm³/mol. The van der Waals surface area contributed by atoms with Crippen LogP contribution in [0.1, 0.15) is 31.2 Å². The van der Waals surface area contributed by atoms with Gasteiger partial charge in [0.25, 0.3) is 0 Å². The highest BCUT2D eigenvalue weighted by Gasteiger charge is 2.30. The van der Waals surface area contributed by atoms with Crippen LogP contribution >= 0.6 is 0 Å². The van der Waals surface area contributed by atoms with Crippen molar-refractivity contribution in [2.75, 3.05) is 13.1 Å². The van der Waals surface area contributed by atoms with E-state index in [9.17, 15) is 18.0 Å². The van der Waals surface area contributed by atoms with Crippen molar-refractivity contribution in [3.63, 3.8) is 0 Å². The van der Waals surface area contributed by atoms with Crippen molar-refractivity contribution in [2.24, 2.45) is 5.92 Å². The summed E-state index contributed by atoms with van der Waals surface area (Å²) in [6, 6.07) is 4.39. The molecule has 0 aromatic heterocycles. The van der Waals surface area contributed by atoms with Crippen LogP contribution in [0.3, 0.4) is 0 Å². The number of hydrogen-bond donors (Lipinski definition) is 1. The van der Waals surface area contributed by atoms with Crippen molar-refractivity contribution >= 4 is 5.97 Å². The number of benzene rings is 1. The Labute approximate surface area is 121 Å². The van der Waals surface area contributed by atoms with Gasteiger partial charge in [0, 0.05) is 6.42 Å². The summed E-state index contributed by atoms with van der Waals surface area (Å²) in [6.45, 7) is 1.89. The summed E-state index contributed by atoms with van der Waals surface area (Å²) in [5, 5.41) is 3.26. The molecule has 3 nitrogen and oxygen atoms in total. The third kappa shape index (κ3) is 5.04. The Kier molecular flexibility index (Phi) is 5.22. The highest BCUT2D eigenvalue weighted by Crippen LogP contribution is 2.31. The Balaban J connectivity index is 1.84. The minimum Gasteiger partial charge on any atom is -0.427 e. The fourth-order valence-electron chi connectivity index (χ4n) is 2.41. The Morgan fingerprint density at radius 1 is 1.38 bits per heavy atom. The summed E-state index contributed by atoms with van der Waals surface area (Å²) >= 11 is 0. The van der Waals surface area contributed by atoms with Crippen molar-refractivity contribution in [3.8, 4) is 5.75 Å². The first-order chi connectivity index (χ1) is 9.95. The van der Waals surface area contributed by atoms with Crippen molar-refractivity contribution in [2.45, 2.75) is 31.9 Å². The van der Waals surface area contributed by atoms with E-state index in [1.54, 1.807) is 0 Å². The molecular formula is C15H18F3NO2. The molecule has 0 amide bonds. The monoisotopic (exact) mass is 301 g/mol. The molecule has 1 saturated heterocycles. The van der Waals surface area contributed by atoms with E-state index in [2.05, 4.69) is 5.32 Å². The van der Waals surface area contributed by atoms with Gasteiger partial charge in [0.1, 0.15) is 5.75 Å². The van der Waals surface area contributed by atoms with Gasteiger partial charge in [-0.05, 0) is 56.5 Å². The SMILES string of the molecule is O=C(CCC1CCCNC1)Oc1cccc(C(F)(F)F)c1. The van der Waals surface area contributed by atoms with Crippen LogP contribution in [0, 0.1) is 5.92 Å². The average Bonchev–Trinajstić information content (AvgIpc) is 2.46. The lowest BCUT2D eigenvalue weighted by atomic mass is 9.95. The lowest BCUT2D eigenvalue weighted by Crippen LogP contribution is -2.30. The molecule has 21 heavy (non-hydrogen) atoms. The number of ether oxygens (including phenoxy) is 1. The molecule has 0 saturated carbocycles. The van der Waals surface area contributed by atoms with Gasteiger partial charge in [-0.25, -0.2) is 0 Å². The second kappa shape index (κ2) is 6.93. The van der Waals surface area contributed by atoms with Gasteiger partial charge < -0.3 is 10.1 Å². The molecule has 0 spiro atoms. The second-order valence-corrected chi connectivity index (χ2v) is 5.25. The molecule has 1 aromatic carbocycles. The van der Waals surface area contributed by atoms with Gasteiger partial charge in [-0.1, -0.05) is 6.07 Å². The van der Waals surface area contributed by atoms with E-state index in [4.69, 9.17) is 4.74 Å². The van der Waals surface area contributed by atoms with Gasteiger partial charge >= 0.3 is 12.1 Å². The Morgan fingerprint density at radius 2 is 2.19 bits per heavy atom. The van der Waals surface area contributed by atoms with E-state index < -0.39 is 17.7 Å². The quantitative estimate of drug-likeness (QED) is 0.684. The summed E-state index contributed by atoms with van der Waals surface area (Å²) in [6.07, 6.45) is -1.35. The van der Waals surface area contributed by atoms with Crippen LogP contribution < -0.4 is 10.1 Å². The molecule has 1 atom stereocenters. The molecule has 2 rings (SSSR count). The van der Waals surface area contributed by atoms with Gasteiger partial charge in [-0.15, -0.1) is 0 Å². The van der Waals surface area contributed by atoms with Crippen molar-refractivity contribution in [1.29, 1.82) is 0 Å². The van der Waals surface area contributed by atoms with Crippen LogP contribution in [-0.2, 0) is 11.0 Å². The Bertz CT molecular complexity index is 482. The zero-order chi connectivity index (χ0) is 15.3. The van der Waals surface area contributed by atoms with Gasteiger partial charge in [-0.2, -0.15) is 13.2 Å².